The molecule has 0 fully saturated rings. The minimum atomic E-state index is 0.0666. The quantitative estimate of drug-likeness (QED) is 0.614. The lowest BCUT2D eigenvalue weighted by Gasteiger charge is -2.17. The van der Waals surface area contributed by atoms with Gasteiger partial charge in [-0.15, -0.1) is 22.7 Å². The number of amides is 1. The molecule has 2 heterocycles. The van der Waals surface area contributed by atoms with Crippen molar-refractivity contribution in [2.75, 3.05) is 13.7 Å². The number of nitrogens with zero attached hydrogens (tertiary/aromatic N) is 2. The summed E-state index contributed by atoms with van der Waals surface area (Å²) in [5.74, 6) is 0.917. The number of likely N-dealkylation sites (N-methyl/N-ethyl adjacent to an activating group) is 1. The Labute approximate surface area is 155 Å². The van der Waals surface area contributed by atoms with E-state index in [-0.39, 0.29) is 5.91 Å². The van der Waals surface area contributed by atoms with Gasteiger partial charge in [0.15, 0.2) is 0 Å². The van der Waals surface area contributed by atoms with Gasteiger partial charge in [-0.05, 0) is 36.1 Å². The van der Waals surface area contributed by atoms with Crippen molar-refractivity contribution in [1.82, 2.24) is 9.88 Å². The van der Waals surface area contributed by atoms with E-state index in [2.05, 4.69) is 4.98 Å². The Morgan fingerprint density at radius 1 is 1.20 bits per heavy atom. The number of benzene rings is 1. The molecule has 0 atom stereocenters. The summed E-state index contributed by atoms with van der Waals surface area (Å²) in [5, 5.41) is 4.98. The van der Waals surface area contributed by atoms with Crippen molar-refractivity contribution in [2.45, 2.75) is 19.9 Å². The monoisotopic (exact) mass is 372 g/mol. The van der Waals surface area contributed by atoms with E-state index in [1.54, 1.807) is 27.6 Å². The van der Waals surface area contributed by atoms with Gasteiger partial charge in [0.1, 0.15) is 10.8 Å². The lowest BCUT2D eigenvalue weighted by molar-refractivity contribution is -0.129. The summed E-state index contributed by atoms with van der Waals surface area (Å²) in [7, 11) is 1.82. The van der Waals surface area contributed by atoms with Gasteiger partial charge in [-0.25, -0.2) is 4.98 Å². The topological polar surface area (TPSA) is 42.4 Å². The second-order valence-electron chi connectivity index (χ2n) is 5.62. The number of thiazole rings is 1. The van der Waals surface area contributed by atoms with Crippen molar-refractivity contribution < 1.29 is 9.53 Å². The summed E-state index contributed by atoms with van der Waals surface area (Å²) in [6.45, 7) is 3.19. The lowest BCUT2D eigenvalue weighted by atomic mass is 10.2. The minimum Gasteiger partial charge on any atom is -0.494 e. The van der Waals surface area contributed by atoms with Gasteiger partial charge in [0.25, 0.3) is 0 Å². The van der Waals surface area contributed by atoms with Crippen LogP contribution in [-0.4, -0.2) is 29.4 Å². The predicted octanol–water partition coefficient (Wildman–Crippen LogP) is 4.47. The Hall–Kier alpha value is -2.18. The first-order valence-electron chi connectivity index (χ1n) is 8.09. The van der Waals surface area contributed by atoms with Crippen LogP contribution in [0.3, 0.4) is 0 Å². The second-order valence-corrected chi connectivity index (χ2v) is 7.43. The van der Waals surface area contributed by atoms with E-state index in [0.717, 1.165) is 26.9 Å². The van der Waals surface area contributed by atoms with E-state index in [1.165, 1.54) is 0 Å². The number of hydrogen-bond acceptors (Lipinski definition) is 5. The molecule has 6 heteroatoms. The first-order chi connectivity index (χ1) is 12.2. The van der Waals surface area contributed by atoms with Gasteiger partial charge < -0.3 is 9.64 Å². The third-order valence-corrected chi connectivity index (χ3v) is 5.63. The number of hydrogen-bond donors (Lipinski definition) is 0. The minimum absolute atomic E-state index is 0.0666. The van der Waals surface area contributed by atoms with Gasteiger partial charge in [0.05, 0.1) is 23.6 Å². The molecule has 3 rings (SSSR count). The van der Waals surface area contributed by atoms with Crippen molar-refractivity contribution in [3.8, 4) is 15.6 Å². The molecule has 0 aliphatic carbocycles. The molecular weight excluding hydrogens is 352 g/mol. The highest BCUT2D eigenvalue weighted by molar-refractivity contribution is 7.20. The zero-order valence-electron chi connectivity index (χ0n) is 14.3. The van der Waals surface area contributed by atoms with Crippen LogP contribution in [0.15, 0.2) is 47.2 Å². The number of ether oxygens (including phenoxy) is 1. The molecule has 0 aliphatic heterocycles. The van der Waals surface area contributed by atoms with E-state index >= 15 is 0 Å². The van der Waals surface area contributed by atoms with Gasteiger partial charge in [-0.3, -0.25) is 4.79 Å². The van der Waals surface area contributed by atoms with Gasteiger partial charge >= 0.3 is 0 Å². The van der Waals surface area contributed by atoms with Crippen molar-refractivity contribution in [1.29, 1.82) is 0 Å². The molecule has 1 aromatic carbocycles. The molecule has 0 N–H and O–H groups in total. The Kier molecular flexibility index (Phi) is 5.83. The lowest BCUT2D eigenvalue weighted by Crippen LogP contribution is -2.27. The van der Waals surface area contributed by atoms with Crippen LogP contribution in [0.5, 0.6) is 5.75 Å². The zero-order valence-corrected chi connectivity index (χ0v) is 15.9. The van der Waals surface area contributed by atoms with E-state index < -0.39 is 0 Å². The van der Waals surface area contributed by atoms with Crippen LogP contribution in [0.2, 0.25) is 0 Å². The van der Waals surface area contributed by atoms with Crippen LogP contribution in [0.4, 0.5) is 0 Å². The predicted molar refractivity (Wildman–Crippen MR) is 103 cm³/mol. The third kappa shape index (κ3) is 4.67. The van der Waals surface area contributed by atoms with Crippen LogP contribution in [0.1, 0.15) is 18.2 Å². The van der Waals surface area contributed by atoms with Gasteiger partial charge in [0, 0.05) is 19.0 Å². The Morgan fingerprint density at radius 3 is 2.68 bits per heavy atom. The fourth-order valence-electron chi connectivity index (χ4n) is 2.41. The fourth-order valence-corrected chi connectivity index (χ4v) is 4.05. The first-order valence-corrected chi connectivity index (χ1v) is 9.85. The molecule has 0 unspecified atom stereocenters. The Morgan fingerprint density at radius 2 is 2.00 bits per heavy atom. The van der Waals surface area contributed by atoms with Crippen molar-refractivity contribution in [3.63, 3.8) is 0 Å². The van der Waals surface area contributed by atoms with Crippen LogP contribution < -0.4 is 4.74 Å². The van der Waals surface area contributed by atoms with Crippen LogP contribution in [0, 0.1) is 0 Å². The molecule has 130 valence electrons. The van der Waals surface area contributed by atoms with E-state index in [1.807, 2.05) is 61.1 Å². The fraction of sp³-hybridized carbons (Fsp3) is 0.263. The molecule has 0 spiro atoms. The van der Waals surface area contributed by atoms with Crippen LogP contribution in [-0.2, 0) is 17.8 Å². The largest absolute Gasteiger partial charge is 0.494 e. The first kappa shape index (κ1) is 17.6. The number of thiophene rings is 1. The molecule has 1 amide bonds. The standard InChI is InChI=1S/C19H20N2O2S2/c1-3-23-16-8-6-14(7-9-16)12-21(2)18(22)11-15-13-25-19(20-15)17-5-4-10-24-17/h4-10,13H,3,11-12H2,1-2H3. The molecule has 2 aromatic heterocycles. The number of carbonyl (C=O) groups is 1. The zero-order chi connectivity index (χ0) is 17.6. The average Bonchev–Trinajstić information content (AvgIpc) is 3.28. The van der Waals surface area contributed by atoms with Crippen molar-refractivity contribution in [3.05, 3.63) is 58.4 Å². The maximum Gasteiger partial charge on any atom is 0.228 e. The molecule has 25 heavy (non-hydrogen) atoms. The van der Waals surface area contributed by atoms with E-state index in [9.17, 15) is 4.79 Å². The van der Waals surface area contributed by atoms with Crippen LogP contribution >= 0.6 is 22.7 Å². The molecule has 3 aromatic rings. The van der Waals surface area contributed by atoms with Crippen molar-refractivity contribution in [2.24, 2.45) is 0 Å². The second kappa shape index (κ2) is 8.27. The molecule has 0 saturated heterocycles. The van der Waals surface area contributed by atoms with E-state index in [0.29, 0.717) is 19.6 Å². The number of carbonyl (C=O) groups excluding carboxylic acids is 1. The molecule has 0 bridgehead atoms. The van der Waals surface area contributed by atoms with E-state index in [4.69, 9.17) is 4.74 Å². The van der Waals surface area contributed by atoms with Crippen LogP contribution in [0.25, 0.3) is 9.88 Å². The molecule has 0 saturated carbocycles. The summed E-state index contributed by atoms with van der Waals surface area (Å²) in [6.07, 6.45) is 0.329. The highest BCUT2D eigenvalue weighted by Crippen LogP contribution is 2.28. The molecular formula is C19H20N2O2S2. The Bertz CT molecular complexity index is 810. The molecule has 0 aliphatic rings. The smallest absolute Gasteiger partial charge is 0.228 e. The summed E-state index contributed by atoms with van der Waals surface area (Å²) in [5.41, 5.74) is 1.91. The highest BCUT2D eigenvalue weighted by Gasteiger charge is 2.13. The number of aromatic nitrogens is 1. The molecule has 0 radical (unpaired) electrons. The van der Waals surface area contributed by atoms with Gasteiger partial charge in [0.2, 0.25) is 5.91 Å². The summed E-state index contributed by atoms with van der Waals surface area (Å²) < 4.78 is 5.44. The summed E-state index contributed by atoms with van der Waals surface area (Å²) >= 11 is 3.25. The Balaban J connectivity index is 1.57. The summed E-state index contributed by atoms with van der Waals surface area (Å²) in [6, 6.07) is 11.9. The SMILES string of the molecule is CCOc1ccc(CN(C)C(=O)Cc2csc(-c3cccs3)n2)cc1. The highest BCUT2D eigenvalue weighted by atomic mass is 32.1. The molecule has 4 nitrogen and oxygen atoms in total. The maximum absolute atomic E-state index is 12.5. The number of rotatable bonds is 7. The van der Waals surface area contributed by atoms with Crippen molar-refractivity contribution >= 4 is 28.6 Å². The third-order valence-electron chi connectivity index (χ3n) is 3.70. The summed E-state index contributed by atoms with van der Waals surface area (Å²) in [4.78, 5) is 19.9. The van der Waals surface area contributed by atoms with Gasteiger partial charge in [-0.1, -0.05) is 18.2 Å². The van der Waals surface area contributed by atoms with Gasteiger partial charge in [-0.2, -0.15) is 0 Å². The normalized spacial score (nSPS) is 10.6. The average molecular weight is 373 g/mol. The maximum atomic E-state index is 12.5.